The van der Waals surface area contributed by atoms with Gasteiger partial charge >= 0.3 is 0 Å². The maximum Gasteiger partial charge on any atom is 0.124 e. The number of hydrogen-bond acceptors (Lipinski definition) is 3. The minimum absolute atomic E-state index is 0.162. The monoisotopic (exact) mass is 311 g/mol. The highest BCUT2D eigenvalue weighted by atomic mass is 16.5. The lowest BCUT2D eigenvalue weighted by Gasteiger charge is -2.48. The summed E-state index contributed by atoms with van der Waals surface area (Å²) in [6.45, 7) is 0.865. The van der Waals surface area contributed by atoms with Crippen LogP contribution in [0.5, 0.6) is 5.75 Å². The van der Waals surface area contributed by atoms with E-state index in [-0.39, 0.29) is 12.0 Å². The molecule has 1 aliphatic heterocycles. The molecule has 2 aromatic rings. The molecule has 0 radical (unpaired) electrons. The summed E-state index contributed by atoms with van der Waals surface area (Å²) < 4.78 is 5.70. The van der Waals surface area contributed by atoms with Gasteiger partial charge in [0.15, 0.2) is 0 Å². The first-order valence-electron chi connectivity index (χ1n) is 8.74. The summed E-state index contributed by atoms with van der Waals surface area (Å²) in [7, 11) is 1.74. The van der Waals surface area contributed by atoms with Crippen LogP contribution < -0.4 is 10.1 Å². The zero-order valence-electron chi connectivity index (χ0n) is 13.7. The molecule has 0 spiro atoms. The van der Waals surface area contributed by atoms with E-state index in [0.717, 1.165) is 38.0 Å². The second-order valence-electron chi connectivity index (χ2n) is 7.04. The van der Waals surface area contributed by atoms with Crippen LogP contribution in [0.4, 0.5) is 0 Å². The van der Waals surface area contributed by atoms with Crippen LogP contribution in [-0.4, -0.2) is 24.4 Å². The number of ether oxygens (including phenoxy) is 1. The Morgan fingerprint density at radius 2 is 2.00 bits per heavy atom. The zero-order chi connectivity index (χ0) is 15.9. The van der Waals surface area contributed by atoms with Gasteiger partial charge in [-0.3, -0.25) is 0 Å². The normalized spacial score (nSPS) is 30.9. The molecule has 3 heteroatoms. The van der Waals surface area contributed by atoms with Gasteiger partial charge in [-0.1, -0.05) is 43.2 Å². The number of benzene rings is 2. The zero-order valence-corrected chi connectivity index (χ0v) is 13.7. The second-order valence-corrected chi connectivity index (χ2v) is 7.04. The van der Waals surface area contributed by atoms with E-state index in [1.54, 1.807) is 7.11 Å². The third-order valence-electron chi connectivity index (χ3n) is 5.85. The smallest absolute Gasteiger partial charge is 0.124 e. The third-order valence-corrected chi connectivity index (χ3v) is 5.85. The summed E-state index contributed by atoms with van der Waals surface area (Å²) in [5.41, 5.74) is 0.700. The van der Waals surface area contributed by atoms with E-state index in [1.807, 2.05) is 0 Å². The van der Waals surface area contributed by atoms with Crippen LogP contribution in [0.25, 0.3) is 10.8 Å². The van der Waals surface area contributed by atoms with Gasteiger partial charge in [0.2, 0.25) is 0 Å². The molecule has 1 saturated heterocycles. The van der Waals surface area contributed by atoms with Crippen LogP contribution in [0.15, 0.2) is 36.4 Å². The number of piperidine rings is 1. The highest BCUT2D eigenvalue weighted by molar-refractivity contribution is 5.88. The summed E-state index contributed by atoms with van der Waals surface area (Å²) in [4.78, 5) is 0. The molecule has 2 aliphatic rings. The number of rotatable bonds is 2. The number of nitrogens with one attached hydrogen (secondary N) is 1. The molecule has 2 aromatic carbocycles. The lowest BCUT2D eigenvalue weighted by Crippen LogP contribution is -2.53. The van der Waals surface area contributed by atoms with E-state index in [2.05, 4.69) is 41.7 Å². The van der Waals surface area contributed by atoms with Crippen LogP contribution >= 0.6 is 0 Å². The minimum atomic E-state index is -0.518. The first kappa shape index (κ1) is 15.0. The largest absolute Gasteiger partial charge is 0.496 e. The molecule has 2 N–H and O–H groups in total. The molecule has 2 fully saturated rings. The molecule has 3 atom stereocenters. The van der Waals surface area contributed by atoms with Gasteiger partial charge in [-0.15, -0.1) is 0 Å². The Labute approximate surface area is 137 Å². The standard InChI is InChI=1S/C20H25NO2/c1-23-17-10-9-14-6-2-3-7-15(14)18(17)19-16-8-4-5-11-20(16,22)12-13-21-19/h2-3,6-7,9-10,16,19,21-22H,4-5,8,11-13H2,1H3/t16-,19+,20+/m0/s1. The SMILES string of the molecule is COc1ccc2ccccc2c1[C@@H]1NCC[C@]2(O)CCCC[C@@H]12. The van der Waals surface area contributed by atoms with Gasteiger partial charge in [0, 0.05) is 17.5 Å². The molecule has 0 bridgehead atoms. The maximum atomic E-state index is 11.2. The van der Waals surface area contributed by atoms with Crippen molar-refractivity contribution in [1.82, 2.24) is 5.32 Å². The van der Waals surface area contributed by atoms with Crippen molar-refractivity contribution in [2.45, 2.75) is 43.7 Å². The first-order chi connectivity index (χ1) is 11.2. The Hall–Kier alpha value is -1.58. The summed E-state index contributed by atoms with van der Waals surface area (Å²) in [6.07, 6.45) is 5.23. The van der Waals surface area contributed by atoms with Gasteiger partial charge in [-0.2, -0.15) is 0 Å². The Kier molecular flexibility index (Phi) is 3.78. The van der Waals surface area contributed by atoms with Crippen molar-refractivity contribution in [3.63, 3.8) is 0 Å². The van der Waals surface area contributed by atoms with Crippen LogP contribution in [0.1, 0.15) is 43.7 Å². The van der Waals surface area contributed by atoms with Gasteiger partial charge < -0.3 is 15.2 Å². The topological polar surface area (TPSA) is 41.5 Å². The highest BCUT2D eigenvalue weighted by Gasteiger charge is 2.46. The van der Waals surface area contributed by atoms with Crippen molar-refractivity contribution in [3.8, 4) is 5.75 Å². The summed E-state index contributed by atoms with van der Waals surface area (Å²) in [6, 6.07) is 12.8. The van der Waals surface area contributed by atoms with Gasteiger partial charge in [0.1, 0.15) is 5.75 Å². The van der Waals surface area contributed by atoms with E-state index in [9.17, 15) is 5.11 Å². The van der Waals surface area contributed by atoms with Crippen molar-refractivity contribution < 1.29 is 9.84 Å². The van der Waals surface area contributed by atoms with Crippen LogP contribution in [0.2, 0.25) is 0 Å². The number of hydrogen-bond donors (Lipinski definition) is 2. The Morgan fingerprint density at radius 3 is 2.87 bits per heavy atom. The molecule has 1 aliphatic carbocycles. The molecule has 0 aromatic heterocycles. The van der Waals surface area contributed by atoms with E-state index in [1.165, 1.54) is 22.8 Å². The van der Waals surface area contributed by atoms with E-state index in [0.29, 0.717) is 0 Å². The molecule has 1 heterocycles. The van der Waals surface area contributed by atoms with Crippen molar-refractivity contribution in [3.05, 3.63) is 42.0 Å². The summed E-state index contributed by atoms with van der Waals surface area (Å²) in [5, 5.41) is 17.3. The highest BCUT2D eigenvalue weighted by Crippen LogP contribution is 2.48. The molecule has 0 amide bonds. The van der Waals surface area contributed by atoms with Crippen LogP contribution in [-0.2, 0) is 0 Å². The third kappa shape index (κ3) is 2.43. The fraction of sp³-hybridized carbons (Fsp3) is 0.500. The van der Waals surface area contributed by atoms with Crippen LogP contribution in [0.3, 0.4) is 0 Å². The van der Waals surface area contributed by atoms with Crippen LogP contribution in [0, 0.1) is 5.92 Å². The molecule has 1 saturated carbocycles. The van der Waals surface area contributed by atoms with Crippen molar-refractivity contribution >= 4 is 10.8 Å². The van der Waals surface area contributed by atoms with E-state index < -0.39 is 5.60 Å². The van der Waals surface area contributed by atoms with Gasteiger partial charge in [0.25, 0.3) is 0 Å². The van der Waals surface area contributed by atoms with Crippen molar-refractivity contribution in [2.24, 2.45) is 5.92 Å². The molecular weight excluding hydrogens is 286 g/mol. The number of aliphatic hydroxyl groups is 1. The molecule has 23 heavy (non-hydrogen) atoms. The summed E-state index contributed by atoms with van der Waals surface area (Å²) in [5.74, 6) is 1.20. The van der Waals surface area contributed by atoms with Crippen molar-refractivity contribution in [2.75, 3.05) is 13.7 Å². The molecular formula is C20H25NO2. The number of methoxy groups -OCH3 is 1. The van der Waals surface area contributed by atoms with Gasteiger partial charge in [-0.25, -0.2) is 0 Å². The average molecular weight is 311 g/mol. The fourth-order valence-electron chi connectivity index (χ4n) is 4.70. The molecule has 4 rings (SSSR count). The first-order valence-corrected chi connectivity index (χ1v) is 8.74. The molecule has 122 valence electrons. The predicted molar refractivity (Wildman–Crippen MR) is 92.8 cm³/mol. The minimum Gasteiger partial charge on any atom is -0.496 e. The van der Waals surface area contributed by atoms with Crippen molar-refractivity contribution in [1.29, 1.82) is 0 Å². The number of fused-ring (bicyclic) bond motifs is 2. The average Bonchev–Trinajstić information content (AvgIpc) is 2.59. The fourth-order valence-corrected chi connectivity index (χ4v) is 4.70. The lowest BCUT2D eigenvalue weighted by atomic mass is 9.66. The summed E-state index contributed by atoms with van der Waals surface area (Å²) >= 11 is 0. The lowest BCUT2D eigenvalue weighted by molar-refractivity contribution is -0.0861. The maximum absolute atomic E-state index is 11.2. The Balaban J connectivity index is 1.87. The Bertz CT molecular complexity index is 710. The Morgan fingerprint density at radius 1 is 1.13 bits per heavy atom. The second kappa shape index (κ2) is 5.81. The van der Waals surface area contributed by atoms with E-state index >= 15 is 0 Å². The predicted octanol–water partition coefficient (Wildman–Crippen LogP) is 3.80. The molecule has 0 unspecified atom stereocenters. The molecule has 3 nitrogen and oxygen atoms in total. The van der Waals surface area contributed by atoms with Gasteiger partial charge in [0.05, 0.1) is 12.7 Å². The quantitative estimate of drug-likeness (QED) is 0.886. The van der Waals surface area contributed by atoms with Gasteiger partial charge in [-0.05, 0) is 42.6 Å². The van der Waals surface area contributed by atoms with E-state index in [4.69, 9.17) is 4.74 Å².